The third-order valence-corrected chi connectivity index (χ3v) is 5.96. The maximum Gasteiger partial charge on any atom is 0.223 e. The Morgan fingerprint density at radius 3 is 3.00 bits per heavy atom. The molecular weight excluding hydrogens is 312 g/mol. The molecule has 1 aliphatic heterocycles. The highest BCUT2D eigenvalue weighted by Crippen LogP contribution is 2.30. The molecule has 1 aromatic heterocycles. The predicted molar refractivity (Wildman–Crippen MR) is 99.7 cm³/mol. The van der Waals surface area contributed by atoms with Gasteiger partial charge in [0.1, 0.15) is 0 Å². The highest BCUT2D eigenvalue weighted by Gasteiger charge is 2.36. The van der Waals surface area contributed by atoms with Crippen LogP contribution in [0.3, 0.4) is 0 Å². The minimum absolute atomic E-state index is 0.270. The zero-order valence-corrected chi connectivity index (χ0v) is 15.3. The number of aryl methyl sites for hydroxylation is 3. The van der Waals surface area contributed by atoms with E-state index in [1.54, 1.807) is 0 Å². The number of nitrogens with zero attached hydrogens (tertiary/aromatic N) is 2. The lowest BCUT2D eigenvalue weighted by atomic mass is 9.90. The molecule has 1 aromatic carbocycles. The Kier molecular flexibility index (Phi) is 4.55. The van der Waals surface area contributed by atoms with Crippen molar-refractivity contribution in [1.29, 1.82) is 0 Å². The van der Waals surface area contributed by atoms with Crippen molar-refractivity contribution in [3.63, 3.8) is 0 Å². The topological polar surface area (TPSA) is 34.5 Å². The number of carbonyl (C=O) groups excluding carboxylic acids is 1. The Morgan fingerprint density at radius 1 is 1.28 bits per heavy atom. The number of rotatable bonds is 3. The molecule has 2 heterocycles. The molecule has 2 fully saturated rings. The highest BCUT2D eigenvalue weighted by atomic mass is 16.5. The minimum atomic E-state index is 0.270. The fourth-order valence-corrected chi connectivity index (χ4v) is 4.71. The molecule has 25 heavy (non-hydrogen) atoms. The van der Waals surface area contributed by atoms with Gasteiger partial charge < -0.3 is 14.2 Å². The summed E-state index contributed by atoms with van der Waals surface area (Å²) in [6.45, 7) is 3.61. The van der Waals surface area contributed by atoms with Crippen molar-refractivity contribution >= 4 is 16.8 Å². The molecule has 1 saturated carbocycles. The molecule has 4 heteroatoms. The summed E-state index contributed by atoms with van der Waals surface area (Å²) in [5.41, 5.74) is 3.83. The number of fused-ring (bicyclic) bond motifs is 2. The molecule has 1 amide bonds. The Balaban J connectivity index is 1.49. The van der Waals surface area contributed by atoms with Crippen molar-refractivity contribution in [2.24, 2.45) is 7.05 Å². The first-order valence-corrected chi connectivity index (χ1v) is 9.60. The predicted octanol–water partition coefficient (Wildman–Crippen LogP) is 3.59. The monoisotopic (exact) mass is 340 g/mol. The average Bonchev–Trinajstić information content (AvgIpc) is 2.96. The van der Waals surface area contributed by atoms with Gasteiger partial charge in [-0.3, -0.25) is 4.79 Å². The van der Waals surface area contributed by atoms with E-state index in [9.17, 15) is 4.79 Å². The lowest BCUT2D eigenvalue weighted by molar-refractivity contribution is -0.149. The minimum Gasteiger partial charge on any atom is -0.374 e. The first kappa shape index (κ1) is 16.6. The van der Waals surface area contributed by atoms with Gasteiger partial charge in [-0.15, -0.1) is 0 Å². The molecule has 1 aliphatic carbocycles. The van der Waals surface area contributed by atoms with Crippen molar-refractivity contribution in [1.82, 2.24) is 9.47 Å². The summed E-state index contributed by atoms with van der Waals surface area (Å²) < 4.78 is 8.08. The number of benzene rings is 1. The standard InChI is InChI=1S/C21H28N2O2/c1-15-6-5-8-18-21(15)16(14-22(18)2)10-11-20(24)23-12-13-25-19-9-4-3-7-17(19)23/h5-6,8,14,17,19H,3-4,7,9-13H2,1-2H3/t17-,19-/m0/s1. The van der Waals surface area contributed by atoms with Gasteiger partial charge in [-0.1, -0.05) is 25.0 Å². The smallest absolute Gasteiger partial charge is 0.223 e. The molecule has 0 N–H and O–H groups in total. The number of ether oxygens (including phenoxy) is 1. The lowest BCUT2D eigenvalue weighted by Gasteiger charge is -2.43. The first-order chi connectivity index (χ1) is 12.1. The van der Waals surface area contributed by atoms with Gasteiger partial charge in [-0.25, -0.2) is 0 Å². The number of morpholine rings is 1. The van der Waals surface area contributed by atoms with Crippen LogP contribution in [0, 0.1) is 6.92 Å². The summed E-state index contributed by atoms with van der Waals surface area (Å²) in [6, 6.07) is 6.72. The largest absolute Gasteiger partial charge is 0.374 e. The average molecular weight is 340 g/mol. The quantitative estimate of drug-likeness (QED) is 0.856. The maximum absolute atomic E-state index is 12.9. The summed E-state index contributed by atoms with van der Waals surface area (Å²) in [5.74, 6) is 0.297. The molecule has 4 rings (SSSR count). The third-order valence-electron chi connectivity index (χ3n) is 5.96. The zero-order valence-electron chi connectivity index (χ0n) is 15.3. The second-order valence-electron chi connectivity index (χ2n) is 7.58. The molecule has 4 nitrogen and oxygen atoms in total. The Labute approximate surface area is 149 Å². The van der Waals surface area contributed by atoms with E-state index in [1.165, 1.54) is 34.9 Å². The van der Waals surface area contributed by atoms with Gasteiger partial charge in [0.25, 0.3) is 0 Å². The van der Waals surface area contributed by atoms with Crippen molar-refractivity contribution in [3.8, 4) is 0 Å². The number of hydrogen-bond acceptors (Lipinski definition) is 2. The van der Waals surface area contributed by atoms with Crippen molar-refractivity contribution < 1.29 is 9.53 Å². The summed E-state index contributed by atoms with van der Waals surface area (Å²) in [4.78, 5) is 15.0. The second-order valence-corrected chi connectivity index (χ2v) is 7.58. The van der Waals surface area contributed by atoms with E-state index in [2.05, 4.69) is 47.8 Å². The third kappa shape index (κ3) is 3.08. The van der Waals surface area contributed by atoms with Crippen LogP contribution >= 0.6 is 0 Å². The van der Waals surface area contributed by atoms with Gasteiger partial charge in [-0.2, -0.15) is 0 Å². The van der Waals surface area contributed by atoms with Crippen LogP contribution in [0.4, 0.5) is 0 Å². The van der Waals surface area contributed by atoms with E-state index in [0.29, 0.717) is 25.0 Å². The van der Waals surface area contributed by atoms with Crippen LogP contribution in [0.2, 0.25) is 0 Å². The Bertz CT molecular complexity index is 778. The van der Waals surface area contributed by atoms with Crippen LogP contribution < -0.4 is 0 Å². The molecule has 2 aliphatic rings. The van der Waals surface area contributed by atoms with E-state index in [1.807, 2.05) is 0 Å². The molecule has 2 atom stereocenters. The van der Waals surface area contributed by atoms with Crippen molar-refractivity contribution in [2.75, 3.05) is 13.2 Å². The van der Waals surface area contributed by atoms with Crippen LogP contribution in [-0.4, -0.2) is 40.7 Å². The van der Waals surface area contributed by atoms with Gasteiger partial charge in [-0.05, 0) is 43.4 Å². The van der Waals surface area contributed by atoms with Gasteiger partial charge in [0, 0.05) is 37.1 Å². The fourth-order valence-electron chi connectivity index (χ4n) is 4.71. The summed E-state index contributed by atoms with van der Waals surface area (Å²) in [6.07, 6.45) is 8.53. The first-order valence-electron chi connectivity index (χ1n) is 9.60. The number of aromatic nitrogens is 1. The van der Waals surface area contributed by atoms with E-state index in [4.69, 9.17) is 4.74 Å². The molecule has 2 aromatic rings. The Morgan fingerprint density at radius 2 is 2.12 bits per heavy atom. The van der Waals surface area contributed by atoms with Crippen LogP contribution in [-0.2, 0) is 23.0 Å². The molecule has 134 valence electrons. The van der Waals surface area contributed by atoms with E-state index in [-0.39, 0.29) is 6.10 Å². The summed E-state index contributed by atoms with van der Waals surface area (Å²) in [5, 5.41) is 1.32. The number of amides is 1. The molecule has 1 saturated heterocycles. The van der Waals surface area contributed by atoms with E-state index < -0.39 is 0 Å². The maximum atomic E-state index is 12.9. The number of carbonyl (C=O) groups is 1. The van der Waals surface area contributed by atoms with Crippen LogP contribution in [0.25, 0.3) is 10.9 Å². The van der Waals surface area contributed by atoms with Gasteiger partial charge >= 0.3 is 0 Å². The van der Waals surface area contributed by atoms with Crippen molar-refractivity contribution in [2.45, 2.75) is 57.6 Å². The normalized spacial score (nSPS) is 23.7. The Hall–Kier alpha value is -1.81. The fraction of sp³-hybridized carbons (Fsp3) is 0.571. The zero-order chi connectivity index (χ0) is 17.4. The SMILES string of the molecule is Cc1cccc2c1c(CCC(=O)N1CCO[C@H]3CCCC[C@@H]31)cn2C. The number of hydrogen-bond donors (Lipinski definition) is 0. The second kappa shape index (κ2) is 6.83. The van der Waals surface area contributed by atoms with Gasteiger partial charge in [0.05, 0.1) is 18.8 Å². The highest BCUT2D eigenvalue weighted by molar-refractivity contribution is 5.88. The lowest BCUT2D eigenvalue weighted by Crippen LogP contribution is -2.54. The van der Waals surface area contributed by atoms with Crippen molar-refractivity contribution in [3.05, 3.63) is 35.5 Å². The van der Waals surface area contributed by atoms with Crippen LogP contribution in [0.5, 0.6) is 0 Å². The van der Waals surface area contributed by atoms with E-state index >= 15 is 0 Å². The van der Waals surface area contributed by atoms with Crippen LogP contribution in [0.1, 0.15) is 43.2 Å². The molecular formula is C21H28N2O2. The van der Waals surface area contributed by atoms with Crippen LogP contribution in [0.15, 0.2) is 24.4 Å². The molecule has 0 radical (unpaired) electrons. The molecule has 0 unspecified atom stereocenters. The van der Waals surface area contributed by atoms with Gasteiger partial charge in [0.15, 0.2) is 0 Å². The molecule has 0 bridgehead atoms. The van der Waals surface area contributed by atoms with Gasteiger partial charge in [0.2, 0.25) is 5.91 Å². The summed E-state index contributed by atoms with van der Waals surface area (Å²) in [7, 11) is 2.09. The molecule has 0 spiro atoms. The van der Waals surface area contributed by atoms with E-state index in [0.717, 1.165) is 25.8 Å². The summed E-state index contributed by atoms with van der Waals surface area (Å²) >= 11 is 0.